The Kier molecular flexibility index (Phi) is 8.23. The summed E-state index contributed by atoms with van der Waals surface area (Å²) >= 11 is 0. The molecule has 3 unspecified atom stereocenters. The topological polar surface area (TPSA) is 43.4 Å². The standard InChI is InChI=1S/C32H52O3/c1-21(2)8-7-9-22(3)27-13-14-28-26-12-11-24-20-25(35-30(34)15-10-23(4)33)16-18-31(24,5)29(26)17-19-32(27,28)6/h11,21-22,25-29H,7-10,12-20H2,1-6H3/t22-,25-,26?,27-,28?,29?,31+,32-/m1/s1. The predicted octanol–water partition coefficient (Wildman–Crippen LogP) is 8.31. The van der Waals surface area contributed by atoms with Crippen molar-refractivity contribution in [2.24, 2.45) is 46.3 Å². The molecule has 0 spiro atoms. The molecule has 0 aromatic rings. The molecule has 0 radical (unpaired) electrons. The van der Waals surface area contributed by atoms with Gasteiger partial charge >= 0.3 is 5.97 Å². The van der Waals surface area contributed by atoms with Crippen LogP contribution in [0.15, 0.2) is 11.6 Å². The van der Waals surface area contributed by atoms with Crippen molar-refractivity contribution in [3.8, 4) is 0 Å². The SMILES string of the molecule is CC(=O)CCC(=O)O[C@@H]1CC[C@@]2(C)C(=CCC3C2CC[C@@]2(C)C3CC[C@@H]2[C@H](C)CCCC(C)C)C1. The zero-order chi connectivity index (χ0) is 25.4. The summed E-state index contributed by atoms with van der Waals surface area (Å²) in [6.07, 6.45) is 17.2. The second kappa shape index (κ2) is 10.7. The first kappa shape index (κ1) is 26.9. The Hall–Kier alpha value is -1.12. The van der Waals surface area contributed by atoms with Crippen molar-refractivity contribution in [2.75, 3.05) is 0 Å². The van der Waals surface area contributed by atoms with Gasteiger partial charge in [-0.2, -0.15) is 0 Å². The molecular formula is C32H52O3. The molecule has 3 saturated carbocycles. The maximum absolute atomic E-state index is 12.2. The molecule has 0 heterocycles. The van der Waals surface area contributed by atoms with Crippen LogP contribution in [0.5, 0.6) is 0 Å². The van der Waals surface area contributed by atoms with Gasteiger partial charge in [0.2, 0.25) is 0 Å². The van der Waals surface area contributed by atoms with Crippen molar-refractivity contribution in [3.63, 3.8) is 0 Å². The third-order valence-corrected chi connectivity index (χ3v) is 11.2. The number of carbonyl (C=O) groups is 2. The van der Waals surface area contributed by atoms with E-state index in [0.717, 1.165) is 54.8 Å². The number of allylic oxidation sites excluding steroid dienone is 1. The molecule has 0 bridgehead atoms. The fourth-order valence-corrected chi connectivity index (χ4v) is 9.28. The summed E-state index contributed by atoms with van der Waals surface area (Å²) < 4.78 is 5.81. The first-order valence-electron chi connectivity index (χ1n) is 14.9. The molecular weight excluding hydrogens is 432 g/mol. The van der Waals surface area contributed by atoms with Crippen LogP contribution in [0, 0.1) is 46.3 Å². The van der Waals surface area contributed by atoms with E-state index < -0.39 is 0 Å². The van der Waals surface area contributed by atoms with Gasteiger partial charge in [-0.25, -0.2) is 0 Å². The number of carbonyl (C=O) groups excluding carboxylic acids is 2. The van der Waals surface area contributed by atoms with Gasteiger partial charge in [-0.1, -0.05) is 65.5 Å². The minimum absolute atomic E-state index is 0.00161. The van der Waals surface area contributed by atoms with Gasteiger partial charge in [0.1, 0.15) is 11.9 Å². The van der Waals surface area contributed by atoms with E-state index in [-0.39, 0.29) is 29.7 Å². The quantitative estimate of drug-likeness (QED) is 0.244. The highest BCUT2D eigenvalue weighted by molar-refractivity contribution is 5.81. The lowest BCUT2D eigenvalue weighted by atomic mass is 9.47. The van der Waals surface area contributed by atoms with Gasteiger partial charge < -0.3 is 9.53 Å². The monoisotopic (exact) mass is 484 g/mol. The van der Waals surface area contributed by atoms with Gasteiger partial charge in [-0.15, -0.1) is 0 Å². The molecule has 0 aromatic heterocycles. The van der Waals surface area contributed by atoms with E-state index >= 15 is 0 Å². The van der Waals surface area contributed by atoms with Crippen LogP contribution in [0.25, 0.3) is 0 Å². The van der Waals surface area contributed by atoms with Crippen LogP contribution < -0.4 is 0 Å². The number of ketones is 1. The van der Waals surface area contributed by atoms with Crippen LogP contribution in [-0.4, -0.2) is 17.9 Å². The summed E-state index contributed by atoms with van der Waals surface area (Å²) in [4.78, 5) is 23.5. The molecule has 3 fully saturated rings. The molecule has 8 atom stereocenters. The number of hydrogen-bond donors (Lipinski definition) is 0. The number of ether oxygens (including phenoxy) is 1. The fourth-order valence-electron chi connectivity index (χ4n) is 9.28. The van der Waals surface area contributed by atoms with E-state index in [2.05, 4.69) is 40.7 Å². The molecule has 0 aliphatic heterocycles. The van der Waals surface area contributed by atoms with Gasteiger partial charge in [0, 0.05) is 12.8 Å². The molecule has 35 heavy (non-hydrogen) atoms. The highest BCUT2D eigenvalue weighted by Gasteiger charge is 2.59. The average molecular weight is 485 g/mol. The smallest absolute Gasteiger partial charge is 0.306 e. The van der Waals surface area contributed by atoms with Crippen molar-refractivity contribution in [1.29, 1.82) is 0 Å². The van der Waals surface area contributed by atoms with Crippen molar-refractivity contribution in [1.82, 2.24) is 0 Å². The zero-order valence-corrected chi connectivity index (χ0v) is 23.5. The third-order valence-electron chi connectivity index (χ3n) is 11.2. The molecule has 0 aromatic carbocycles. The number of rotatable bonds is 9. The summed E-state index contributed by atoms with van der Waals surface area (Å²) in [7, 11) is 0. The van der Waals surface area contributed by atoms with Gasteiger partial charge in [0.15, 0.2) is 0 Å². The zero-order valence-electron chi connectivity index (χ0n) is 23.5. The summed E-state index contributed by atoms with van der Waals surface area (Å²) in [6, 6.07) is 0. The molecule has 3 heteroatoms. The molecule has 198 valence electrons. The summed E-state index contributed by atoms with van der Waals surface area (Å²) in [5.74, 6) is 4.97. The van der Waals surface area contributed by atoms with Crippen molar-refractivity contribution < 1.29 is 14.3 Å². The van der Waals surface area contributed by atoms with E-state index in [4.69, 9.17) is 4.74 Å². The van der Waals surface area contributed by atoms with E-state index in [9.17, 15) is 9.59 Å². The minimum Gasteiger partial charge on any atom is -0.462 e. The average Bonchev–Trinajstić information content (AvgIpc) is 3.15. The summed E-state index contributed by atoms with van der Waals surface area (Å²) in [5.41, 5.74) is 2.38. The van der Waals surface area contributed by atoms with Crippen molar-refractivity contribution in [2.45, 2.75) is 131 Å². The Bertz CT molecular complexity index is 812. The number of esters is 1. The second-order valence-corrected chi connectivity index (χ2v) is 13.8. The van der Waals surface area contributed by atoms with Crippen LogP contribution in [0.4, 0.5) is 0 Å². The van der Waals surface area contributed by atoms with Crippen LogP contribution in [0.3, 0.4) is 0 Å². The van der Waals surface area contributed by atoms with E-state index in [1.165, 1.54) is 58.3 Å². The molecule has 4 aliphatic carbocycles. The van der Waals surface area contributed by atoms with Crippen LogP contribution in [0.1, 0.15) is 125 Å². The van der Waals surface area contributed by atoms with E-state index in [1.807, 2.05) is 0 Å². The Morgan fingerprint density at radius 1 is 1.00 bits per heavy atom. The maximum Gasteiger partial charge on any atom is 0.306 e. The molecule has 4 aliphatic rings. The number of Topliss-reactive ketones (excluding diaryl/α,β-unsaturated/α-hetero) is 1. The lowest BCUT2D eigenvalue weighted by molar-refractivity contribution is -0.152. The Morgan fingerprint density at radius 2 is 1.77 bits per heavy atom. The van der Waals surface area contributed by atoms with Gasteiger partial charge in [-0.05, 0) is 98.2 Å². The van der Waals surface area contributed by atoms with Crippen LogP contribution in [-0.2, 0) is 14.3 Å². The number of hydrogen-bond acceptors (Lipinski definition) is 3. The fraction of sp³-hybridized carbons (Fsp3) is 0.875. The normalized spacial score (nSPS) is 39.3. The molecule has 4 rings (SSSR count). The van der Waals surface area contributed by atoms with Crippen LogP contribution in [0.2, 0.25) is 0 Å². The minimum atomic E-state index is -0.198. The molecule has 0 saturated heterocycles. The lowest BCUT2D eigenvalue weighted by Gasteiger charge is -2.58. The van der Waals surface area contributed by atoms with Crippen molar-refractivity contribution in [3.05, 3.63) is 11.6 Å². The van der Waals surface area contributed by atoms with Gasteiger partial charge in [0.25, 0.3) is 0 Å². The Morgan fingerprint density at radius 3 is 2.49 bits per heavy atom. The molecule has 0 amide bonds. The maximum atomic E-state index is 12.2. The molecule has 3 nitrogen and oxygen atoms in total. The third kappa shape index (κ3) is 5.45. The largest absolute Gasteiger partial charge is 0.462 e. The van der Waals surface area contributed by atoms with Gasteiger partial charge in [-0.3, -0.25) is 4.79 Å². The lowest BCUT2D eigenvalue weighted by Crippen LogP contribution is -2.51. The number of fused-ring (bicyclic) bond motifs is 5. The Balaban J connectivity index is 1.40. The van der Waals surface area contributed by atoms with E-state index in [1.54, 1.807) is 5.57 Å². The predicted molar refractivity (Wildman–Crippen MR) is 143 cm³/mol. The first-order valence-corrected chi connectivity index (χ1v) is 14.9. The van der Waals surface area contributed by atoms with Crippen molar-refractivity contribution >= 4 is 11.8 Å². The highest BCUT2D eigenvalue weighted by Crippen LogP contribution is 2.67. The summed E-state index contributed by atoms with van der Waals surface area (Å²) in [5, 5.41) is 0. The second-order valence-electron chi connectivity index (χ2n) is 13.8. The van der Waals surface area contributed by atoms with Crippen LogP contribution >= 0.6 is 0 Å². The van der Waals surface area contributed by atoms with Gasteiger partial charge in [0.05, 0.1) is 6.42 Å². The Labute approximate surface area is 215 Å². The first-order chi connectivity index (χ1) is 16.5. The summed E-state index contributed by atoms with van der Waals surface area (Å²) in [6.45, 7) is 14.0. The molecule has 0 N–H and O–H groups in total. The highest BCUT2D eigenvalue weighted by atomic mass is 16.5. The van der Waals surface area contributed by atoms with E-state index in [0.29, 0.717) is 11.8 Å².